The van der Waals surface area contributed by atoms with E-state index in [2.05, 4.69) is 25.1 Å². The molecule has 0 aliphatic carbocycles. The Bertz CT molecular complexity index is 1380. The number of carbonyl (C=O) groups excluding carboxylic acids is 1. The zero-order valence-corrected chi connectivity index (χ0v) is 17.7. The standard InChI is InChI=1S/C21H13F2N5O2S2/c22-20(23)30-13-5-3-12(4-6-13)15-11-32-21(26-15)27-19(29)14-10-25-28-16(7-8-24-18(14)28)17-2-1-9-31-17/h1-11,20H,(H,26,27,29). The van der Waals surface area contributed by atoms with Crippen LogP contribution in [-0.4, -0.2) is 32.1 Å². The van der Waals surface area contributed by atoms with Crippen molar-refractivity contribution in [2.24, 2.45) is 0 Å². The number of carbonyl (C=O) groups is 1. The number of anilines is 1. The summed E-state index contributed by atoms with van der Waals surface area (Å²) in [6.45, 7) is -2.88. The summed E-state index contributed by atoms with van der Waals surface area (Å²) in [6, 6.07) is 11.9. The van der Waals surface area contributed by atoms with Crippen LogP contribution in [0, 0.1) is 0 Å². The third-order valence-electron chi connectivity index (χ3n) is 4.52. The van der Waals surface area contributed by atoms with E-state index in [4.69, 9.17) is 0 Å². The first-order valence-electron chi connectivity index (χ1n) is 9.27. The van der Waals surface area contributed by atoms with Crippen molar-refractivity contribution in [3.63, 3.8) is 0 Å². The van der Waals surface area contributed by atoms with Crippen molar-refractivity contribution in [3.8, 4) is 27.6 Å². The number of nitrogens with one attached hydrogen (secondary N) is 1. The SMILES string of the molecule is O=C(Nc1nc(-c2ccc(OC(F)F)cc2)cs1)c1cnn2c(-c3cccs3)ccnc12. The molecule has 0 fully saturated rings. The minimum absolute atomic E-state index is 0.0648. The van der Waals surface area contributed by atoms with Crippen LogP contribution in [0.2, 0.25) is 0 Å². The fourth-order valence-electron chi connectivity index (χ4n) is 3.10. The third-order valence-corrected chi connectivity index (χ3v) is 6.17. The fourth-order valence-corrected chi connectivity index (χ4v) is 4.55. The maximum absolute atomic E-state index is 12.9. The second kappa shape index (κ2) is 8.44. The normalized spacial score (nSPS) is 11.2. The molecule has 0 unspecified atom stereocenters. The van der Waals surface area contributed by atoms with Crippen LogP contribution >= 0.6 is 22.7 Å². The first-order valence-corrected chi connectivity index (χ1v) is 11.0. The van der Waals surface area contributed by atoms with Gasteiger partial charge in [-0.05, 0) is 41.8 Å². The van der Waals surface area contributed by atoms with Crippen LogP contribution in [0.3, 0.4) is 0 Å². The molecule has 0 aliphatic heterocycles. The van der Waals surface area contributed by atoms with Crippen LogP contribution in [0.4, 0.5) is 13.9 Å². The fraction of sp³-hybridized carbons (Fsp3) is 0.0476. The van der Waals surface area contributed by atoms with Crippen molar-refractivity contribution in [1.29, 1.82) is 0 Å². The van der Waals surface area contributed by atoms with Crippen LogP contribution in [0.25, 0.3) is 27.5 Å². The third kappa shape index (κ3) is 3.95. The number of halogens is 2. The topological polar surface area (TPSA) is 81.4 Å². The average Bonchev–Trinajstić information content (AvgIpc) is 3.54. The summed E-state index contributed by atoms with van der Waals surface area (Å²) in [6.07, 6.45) is 3.12. The molecule has 32 heavy (non-hydrogen) atoms. The van der Waals surface area contributed by atoms with Gasteiger partial charge in [-0.1, -0.05) is 6.07 Å². The monoisotopic (exact) mass is 469 g/mol. The van der Waals surface area contributed by atoms with Crippen LogP contribution in [-0.2, 0) is 0 Å². The molecule has 0 saturated carbocycles. The first kappa shape index (κ1) is 20.2. The lowest BCUT2D eigenvalue weighted by Crippen LogP contribution is -2.12. The highest BCUT2D eigenvalue weighted by molar-refractivity contribution is 7.14. The molecule has 4 aromatic heterocycles. The Kier molecular flexibility index (Phi) is 5.33. The minimum Gasteiger partial charge on any atom is -0.435 e. The number of alkyl halides is 2. The van der Waals surface area contributed by atoms with E-state index < -0.39 is 6.61 Å². The molecule has 0 spiro atoms. The molecule has 0 aliphatic rings. The highest BCUT2D eigenvalue weighted by Gasteiger charge is 2.18. The van der Waals surface area contributed by atoms with Gasteiger partial charge < -0.3 is 4.74 Å². The van der Waals surface area contributed by atoms with Crippen LogP contribution in [0.1, 0.15) is 10.4 Å². The van der Waals surface area contributed by atoms with Crippen LogP contribution < -0.4 is 10.1 Å². The van der Waals surface area contributed by atoms with Gasteiger partial charge in [0.2, 0.25) is 0 Å². The smallest absolute Gasteiger partial charge is 0.387 e. The molecule has 160 valence electrons. The van der Waals surface area contributed by atoms with Crippen molar-refractivity contribution < 1.29 is 18.3 Å². The van der Waals surface area contributed by atoms with Gasteiger partial charge in [0.25, 0.3) is 5.91 Å². The first-order chi connectivity index (χ1) is 15.6. The quantitative estimate of drug-likeness (QED) is 0.358. The van der Waals surface area contributed by atoms with E-state index in [9.17, 15) is 13.6 Å². The predicted octanol–water partition coefficient (Wildman–Crippen LogP) is 5.44. The number of rotatable bonds is 6. The minimum atomic E-state index is -2.88. The Morgan fingerprint density at radius 2 is 1.97 bits per heavy atom. The zero-order valence-electron chi connectivity index (χ0n) is 16.1. The van der Waals surface area contributed by atoms with Gasteiger partial charge in [0.05, 0.1) is 22.5 Å². The molecule has 5 aromatic rings. The van der Waals surface area contributed by atoms with Gasteiger partial charge in [0, 0.05) is 17.1 Å². The second-order valence-electron chi connectivity index (χ2n) is 6.50. The Labute approximate surface area is 188 Å². The molecule has 0 bridgehead atoms. The number of aromatic nitrogens is 4. The number of thiazole rings is 1. The van der Waals surface area contributed by atoms with Crippen molar-refractivity contribution in [2.75, 3.05) is 5.32 Å². The van der Waals surface area contributed by atoms with Gasteiger partial charge in [0.15, 0.2) is 10.8 Å². The number of hydrogen-bond donors (Lipinski definition) is 1. The molecule has 0 radical (unpaired) electrons. The summed E-state index contributed by atoms with van der Waals surface area (Å²) in [4.78, 5) is 22.6. The lowest BCUT2D eigenvalue weighted by atomic mass is 10.2. The summed E-state index contributed by atoms with van der Waals surface area (Å²) in [5, 5.41) is 11.2. The van der Waals surface area contributed by atoms with Crippen molar-refractivity contribution in [2.45, 2.75) is 6.61 Å². The lowest BCUT2D eigenvalue weighted by Gasteiger charge is -2.04. The number of hydrogen-bond acceptors (Lipinski definition) is 7. The summed E-state index contributed by atoms with van der Waals surface area (Å²) in [5.41, 5.74) is 2.93. The number of thiophene rings is 1. The Balaban J connectivity index is 1.36. The van der Waals surface area contributed by atoms with Crippen molar-refractivity contribution in [1.82, 2.24) is 19.6 Å². The van der Waals surface area contributed by atoms with Gasteiger partial charge in [-0.15, -0.1) is 22.7 Å². The van der Waals surface area contributed by atoms with Gasteiger partial charge in [0.1, 0.15) is 11.3 Å². The molecular weight excluding hydrogens is 456 g/mol. The second-order valence-corrected chi connectivity index (χ2v) is 8.30. The molecular formula is C21H13F2N5O2S2. The molecule has 1 aromatic carbocycles. The van der Waals surface area contributed by atoms with Gasteiger partial charge in [-0.3, -0.25) is 10.1 Å². The summed E-state index contributed by atoms with van der Waals surface area (Å²) < 4.78 is 30.6. The summed E-state index contributed by atoms with van der Waals surface area (Å²) in [5.74, 6) is -0.313. The maximum atomic E-state index is 12.9. The lowest BCUT2D eigenvalue weighted by molar-refractivity contribution is -0.0498. The van der Waals surface area contributed by atoms with E-state index in [1.807, 2.05) is 23.6 Å². The van der Waals surface area contributed by atoms with E-state index in [1.54, 1.807) is 39.6 Å². The van der Waals surface area contributed by atoms with Crippen LogP contribution in [0.15, 0.2) is 65.6 Å². The van der Waals surface area contributed by atoms with Crippen LogP contribution in [0.5, 0.6) is 5.75 Å². The highest BCUT2D eigenvalue weighted by Crippen LogP contribution is 2.28. The Morgan fingerprint density at radius 1 is 1.12 bits per heavy atom. The molecule has 7 nitrogen and oxygen atoms in total. The van der Waals surface area contributed by atoms with E-state index in [0.717, 1.165) is 10.6 Å². The molecule has 1 amide bonds. The summed E-state index contributed by atoms with van der Waals surface area (Å²) >= 11 is 2.82. The van der Waals surface area contributed by atoms with E-state index >= 15 is 0 Å². The molecule has 0 atom stereocenters. The average molecular weight is 469 g/mol. The zero-order chi connectivity index (χ0) is 22.1. The number of ether oxygens (including phenoxy) is 1. The molecule has 1 N–H and O–H groups in total. The van der Waals surface area contributed by atoms with E-state index in [1.165, 1.54) is 29.7 Å². The Morgan fingerprint density at radius 3 is 2.72 bits per heavy atom. The summed E-state index contributed by atoms with van der Waals surface area (Å²) in [7, 11) is 0. The predicted molar refractivity (Wildman–Crippen MR) is 118 cm³/mol. The molecule has 11 heteroatoms. The number of benzene rings is 1. The number of amides is 1. The molecule has 0 saturated heterocycles. The van der Waals surface area contributed by atoms with E-state index in [0.29, 0.717) is 27.6 Å². The Hall–Kier alpha value is -3.70. The number of nitrogens with zero attached hydrogens (tertiary/aromatic N) is 4. The largest absolute Gasteiger partial charge is 0.435 e. The van der Waals surface area contributed by atoms with Gasteiger partial charge >= 0.3 is 6.61 Å². The van der Waals surface area contributed by atoms with Gasteiger partial charge in [-0.25, -0.2) is 14.5 Å². The van der Waals surface area contributed by atoms with Crippen molar-refractivity contribution in [3.05, 3.63) is 71.2 Å². The van der Waals surface area contributed by atoms with Crippen molar-refractivity contribution >= 4 is 39.4 Å². The van der Waals surface area contributed by atoms with Gasteiger partial charge in [-0.2, -0.15) is 13.9 Å². The van der Waals surface area contributed by atoms with E-state index in [-0.39, 0.29) is 11.7 Å². The number of fused-ring (bicyclic) bond motifs is 1. The molecule has 4 heterocycles. The molecule has 5 rings (SSSR count). The maximum Gasteiger partial charge on any atom is 0.387 e. The highest BCUT2D eigenvalue weighted by atomic mass is 32.1.